The Kier molecular flexibility index (Phi) is 7.09. The molecule has 0 aliphatic carbocycles. The lowest BCUT2D eigenvalue weighted by Gasteiger charge is -2.20. The van der Waals surface area contributed by atoms with Gasteiger partial charge in [-0.05, 0) is 50.6 Å². The first-order valence-corrected chi connectivity index (χ1v) is 7.27. The van der Waals surface area contributed by atoms with Crippen LogP contribution in [-0.2, 0) is 4.79 Å². The minimum atomic E-state index is 0.0100. The Labute approximate surface area is 122 Å². The Morgan fingerprint density at radius 2 is 1.90 bits per heavy atom. The largest absolute Gasteiger partial charge is 0.495 e. The van der Waals surface area contributed by atoms with Crippen LogP contribution in [0, 0.1) is 6.92 Å². The van der Waals surface area contributed by atoms with Crippen LogP contribution < -0.4 is 10.1 Å². The number of carbonyl (C=O) groups is 1. The number of nitrogens with one attached hydrogen (secondary N) is 1. The van der Waals surface area contributed by atoms with E-state index in [-0.39, 0.29) is 5.91 Å². The van der Waals surface area contributed by atoms with Gasteiger partial charge in [-0.25, -0.2) is 0 Å². The Hall–Kier alpha value is -1.55. The summed E-state index contributed by atoms with van der Waals surface area (Å²) < 4.78 is 5.27. The number of ether oxygens (including phenoxy) is 1. The van der Waals surface area contributed by atoms with Gasteiger partial charge < -0.3 is 10.1 Å². The second-order valence-electron chi connectivity index (χ2n) is 5.03. The third-order valence-electron chi connectivity index (χ3n) is 3.08. The predicted molar refractivity (Wildman–Crippen MR) is 83.4 cm³/mol. The number of anilines is 1. The first kappa shape index (κ1) is 16.5. The maximum absolute atomic E-state index is 12.1. The second-order valence-corrected chi connectivity index (χ2v) is 5.03. The molecule has 20 heavy (non-hydrogen) atoms. The van der Waals surface area contributed by atoms with Gasteiger partial charge in [-0.1, -0.05) is 19.9 Å². The van der Waals surface area contributed by atoms with Crippen molar-refractivity contribution < 1.29 is 9.53 Å². The van der Waals surface area contributed by atoms with E-state index in [9.17, 15) is 4.79 Å². The maximum Gasteiger partial charge on any atom is 0.238 e. The molecule has 1 aromatic carbocycles. The van der Waals surface area contributed by atoms with E-state index < -0.39 is 0 Å². The lowest BCUT2D eigenvalue weighted by molar-refractivity contribution is -0.117. The summed E-state index contributed by atoms with van der Waals surface area (Å²) in [5, 5.41) is 2.94. The zero-order valence-corrected chi connectivity index (χ0v) is 13.0. The number of rotatable bonds is 8. The van der Waals surface area contributed by atoms with Gasteiger partial charge in [0.15, 0.2) is 0 Å². The predicted octanol–water partition coefficient (Wildman–Crippen LogP) is 3.06. The molecule has 4 heteroatoms. The summed E-state index contributed by atoms with van der Waals surface area (Å²) in [4.78, 5) is 14.3. The average molecular weight is 278 g/mol. The van der Waals surface area contributed by atoms with E-state index in [1.165, 1.54) is 0 Å². The monoisotopic (exact) mass is 278 g/mol. The van der Waals surface area contributed by atoms with Crippen LogP contribution in [0.15, 0.2) is 18.2 Å². The third kappa shape index (κ3) is 5.21. The van der Waals surface area contributed by atoms with Gasteiger partial charge in [-0.15, -0.1) is 0 Å². The molecule has 0 atom stereocenters. The summed E-state index contributed by atoms with van der Waals surface area (Å²) in [6.07, 6.45) is 2.11. The van der Waals surface area contributed by atoms with E-state index in [1.807, 2.05) is 25.1 Å². The minimum absolute atomic E-state index is 0.0100. The SMILES string of the molecule is CCCN(CCC)CC(=O)Nc1cc(C)ccc1OC. The fourth-order valence-electron chi connectivity index (χ4n) is 2.21. The van der Waals surface area contributed by atoms with E-state index in [4.69, 9.17) is 4.74 Å². The molecular weight excluding hydrogens is 252 g/mol. The molecule has 0 aliphatic heterocycles. The zero-order valence-electron chi connectivity index (χ0n) is 13.0. The fraction of sp³-hybridized carbons (Fsp3) is 0.562. The normalized spacial score (nSPS) is 10.7. The number of carbonyl (C=O) groups excluding carboxylic acids is 1. The molecule has 0 unspecified atom stereocenters. The van der Waals surface area contributed by atoms with Gasteiger partial charge in [0.1, 0.15) is 5.75 Å². The Morgan fingerprint density at radius 3 is 2.45 bits per heavy atom. The quantitative estimate of drug-likeness (QED) is 0.794. The van der Waals surface area contributed by atoms with Crippen LogP contribution in [0.25, 0.3) is 0 Å². The number of nitrogens with zero attached hydrogens (tertiary/aromatic N) is 1. The van der Waals surface area contributed by atoms with Crippen LogP contribution in [0.4, 0.5) is 5.69 Å². The molecule has 0 saturated carbocycles. The molecule has 0 fully saturated rings. The molecule has 0 aromatic heterocycles. The molecule has 1 rings (SSSR count). The zero-order chi connectivity index (χ0) is 15.0. The van der Waals surface area contributed by atoms with Crippen LogP contribution in [-0.4, -0.2) is 37.6 Å². The Balaban J connectivity index is 2.67. The summed E-state index contributed by atoms with van der Waals surface area (Å²) in [5.41, 5.74) is 1.84. The van der Waals surface area contributed by atoms with Crippen LogP contribution in [0.2, 0.25) is 0 Å². The van der Waals surface area contributed by atoms with Crippen LogP contribution >= 0.6 is 0 Å². The second kappa shape index (κ2) is 8.59. The van der Waals surface area contributed by atoms with E-state index in [2.05, 4.69) is 24.1 Å². The molecule has 1 N–H and O–H groups in total. The highest BCUT2D eigenvalue weighted by molar-refractivity contribution is 5.93. The van der Waals surface area contributed by atoms with Gasteiger partial charge in [0.25, 0.3) is 0 Å². The first-order valence-electron chi connectivity index (χ1n) is 7.27. The topological polar surface area (TPSA) is 41.6 Å². The van der Waals surface area contributed by atoms with E-state index >= 15 is 0 Å². The van der Waals surface area contributed by atoms with Crippen molar-refractivity contribution in [3.63, 3.8) is 0 Å². The number of aryl methyl sites for hydroxylation is 1. The molecular formula is C16H26N2O2. The number of methoxy groups -OCH3 is 1. The highest BCUT2D eigenvalue weighted by atomic mass is 16.5. The standard InChI is InChI=1S/C16H26N2O2/c1-5-9-18(10-6-2)12-16(19)17-14-11-13(3)7-8-15(14)20-4/h7-8,11H,5-6,9-10,12H2,1-4H3,(H,17,19). The van der Waals surface area contributed by atoms with Gasteiger partial charge in [0.2, 0.25) is 5.91 Å². The molecule has 0 saturated heterocycles. The van der Waals surface area contributed by atoms with Crippen LogP contribution in [0.3, 0.4) is 0 Å². The Morgan fingerprint density at radius 1 is 1.25 bits per heavy atom. The fourth-order valence-corrected chi connectivity index (χ4v) is 2.21. The third-order valence-corrected chi connectivity index (χ3v) is 3.08. The molecule has 1 aromatic rings. The summed E-state index contributed by atoms with van der Waals surface area (Å²) in [7, 11) is 1.61. The molecule has 0 heterocycles. The van der Waals surface area contributed by atoms with E-state index in [0.717, 1.165) is 37.2 Å². The van der Waals surface area contributed by atoms with Gasteiger partial charge in [-0.3, -0.25) is 9.69 Å². The van der Waals surface area contributed by atoms with Crippen LogP contribution in [0.5, 0.6) is 5.75 Å². The van der Waals surface area contributed by atoms with Gasteiger partial charge >= 0.3 is 0 Å². The minimum Gasteiger partial charge on any atom is -0.495 e. The van der Waals surface area contributed by atoms with Crippen LogP contribution in [0.1, 0.15) is 32.3 Å². The van der Waals surface area contributed by atoms with Crippen molar-refractivity contribution in [1.29, 1.82) is 0 Å². The highest BCUT2D eigenvalue weighted by Gasteiger charge is 2.11. The van der Waals surface area contributed by atoms with Crippen molar-refractivity contribution in [3.8, 4) is 5.75 Å². The number of amides is 1. The molecule has 1 amide bonds. The molecule has 0 radical (unpaired) electrons. The summed E-state index contributed by atoms with van der Waals surface area (Å²) in [5.74, 6) is 0.706. The van der Waals surface area contributed by atoms with Crippen molar-refractivity contribution >= 4 is 11.6 Å². The van der Waals surface area contributed by atoms with Crippen molar-refractivity contribution in [2.75, 3.05) is 32.1 Å². The molecule has 0 bridgehead atoms. The first-order chi connectivity index (χ1) is 9.60. The lowest BCUT2D eigenvalue weighted by atomic mass is 10.2. The average Bonchev–Trinajstić information content (AvgIpc) is 2.39. The molecule has 0 aliphatic rings. The molecule has 0 spiro atoms. The van der Waals surface area contributed by atoms with Crippen molar-refractivity contribution in [1.82, 2.24) is 4.90 Å². The smallest absolute Gasteiger partial charge is 0.238 e. The highest BCUT2D eigenvalue weighted by Crippen LogP contribution is 2.25. The van der Waals surface area contributed by atoms with Crippen molar-refractivity contribution in [2.45, 2.75) is 33.6 Å². The summed E-state index contributed by atoms with van der Waals surface area (Å²) >= 11 is 0. The van der Waals surface area contributed by atoms with Gasteiger partial charge in [0, 0.05) is 0 Å². The van der Waals surface area contributed by atoms with Crippen molar-refractivity contribution in [3.05, 3.63) is 23.8 Å². The van der Waals surface area contributed by atoms with E-state index in [1.54, 1.807) is 7.11 Å². The molecule has 4 nitrogen and oxygen atoms in total. The van der Waals surface area contributed by atoms with Gasteiger partial charge in [-0.2, -0.15) is 0 Å². The molecule has 112 valence electrons. The Bertz CT molecular complexity index is 426. The maximum atomic E-state index is 12.1. The number of benzene rings is 1. The number of hydrogen-bond donors (Lipinski definition) is 1. The lowest BCUT2D eigenvalue weighted by Crippen LogP contribution is -2.34. The van der Waals surface area contributed by atoms with Crippen molar-refractivity contribution in [2.24, 2.45) is 0 Å². The summed E-state index contributed by atoms with van der Waals surface area (Å²) in [6.45, 7) is 8.58. The summed E-state index contributed by atoms with van der Waals surface area (Å²) in [6, 6.07) is 5.77. The number of hydrogen-bond acceptors (Lipinski definition) is 3. The van der Waals surface area contributed by atoms with Gasteiger partial charge in [0.05, 0.1) is 19.3 Å². The van der Waals surface area contributed by atoms with E-state index in [0.29, 0.717) is 12.3 Å².